The van der Waals surface area contributed by atoms with Gasteiger partial charge in [0, 0.05) is 33.5 Å². The first kappa shape index (κ1) is 28.2. The third-order valence-corrected chi connectivity index (χ3v) is 8.43. The Labute approximate surface area is 204 Å². The van der Waals surface area contributed by atoms with Crippen LogP contribution in [0.3, 0.4) is 0 Å². The highest BCUT2D eigenvalue weighted by Crippen LogP contribution is 2.45. The SMILES string of the molecule is CC(C)(C)C(=O)C1CCC(CC(C)(C)C(=O)C2CCC(CC(C)(C)C(=O)C(C)(C)C)CC2)C1. The lowest BCUT2D eigenvalue weighted by Crippen LogP contribution is -2.38. The van der Waals surface area contributed by atoms with Gasteiger partial charge < -0.3 is 0 Å². The molecule has 2 aliphatic rings. The van der Waals surface area contributed by atoms with Crippen molar-refractivity contribution in [2.24, 2.45) is 45.3 Å². The molecule has 0 N–H and O–H groups in total. The highest BCUT2D eigenvalue weighted by Gasteiger charge is 2.43. The Bertz CT molecular complexity index is 721. The van der Waals surface area contributed by atoms with E-state index in [9.17, 15) is 14.4 Å². The van der Waals surface area contributed by atoms with Gasteiger partial charge in [0.1, 0.15) is 17.3 Å². The molecule has 0 aromatic rings. The molecule has 0 bridgehead atoms. The monoisotopic (exact) mass is 460 g/mol. The maximum Gasteiger partial charge on any atom is 0.143 e. The van der Waals surface area contributed by atoms with Crippen LogP contribution in [0.4, 0.5) is 0 Å². The number of hydrogen-bond donors (Lipinski definition) is 0. The zero-order valence-corrected chi connectivity index (χ0v) is 23.4. The van der Waals surface area contributed by atoms with Gasteiger partial charge in [0.25, 0.3) is 0 Å². The minimum atomic E-state index is -0.316. The van der Waals surface area contributed by atoms with Gasteiger partial charge in [-0.2, -0.15) is 0 Å². The van der Waals surface area contributed by atoms with Crippen molar-refractivity contribution in [2.75, 3.05) is 0 Å². The van der Waals surface area contributed by atoms with Gasteiger partial charge in [-0.05, 0) is 69.6 Å². The molecule has 0 spiro atoms. The van der Waals surface area contributed by atoms with Crippen molar-refractivity contribution < 1.29 is 14.4 Å². The molecule has 0 saturated heterocycles. The van der Waals surface area contributed by atoms with Crippen LogP contribution in [0.1, 0.15) is 127 Å². The fourth-order valence-electron chi connectivity index (χ4n) is 6.94. The molecular formula is C30H52O3. The Balaban J connectivity index is 1.88. The molecule has 0 heterocycles. The molecule has 2 unspecified atom stereocenters. The minimum Gasteiger partial charge on any atom is -0.299 e. The fraction of sp³-hybridized carbons (Fsp3) is 0.900. The van der Waals surface area contributed by atoms with E-state index in [1.54, 1.807) is 0 Å². The van der Waals surface area contributed by atoms with Crippen molar-refractivity contribution in [1.82, 2.24) is 0 Å². The summed E-state index contributed by atoms with van der Waals surface area (Å²) in [5, 5.41) is 0. The summed E-state index contributed by atoms with van der Waals surface area (Å²) < 4.78 is 0. The van der Waals surface area contributed by atoms with Crippen LogP contribution < -0.4 is 0 Å². The van der Waals surface area contributed by atoms with E-state index in [0.717, 1.165) is 57.8 Å². The zero-order valence-electron chi connectivity index (χ0n) is 23.4. The molecule has 0 aromatic heterocycles. The van der Waals surface area contributed by atoms with Crippen LogP contribution in [0.2, 0.25) is 0 Å². The average Bonchev–Trinajstić information content (AvgIpc) is 3.12. The first-order chi connectivity index (χ1) is 14.8. The van der Waals surface area contributed by atoms with Crippen LogP contribution in [0, 0.1) is 45.3 Å². The molecule has 0 amide bonds. The molecule has 2 fully saturated rings. The molecule has 2 atom stereocenters. The number of hydrogen-bond acceptors (Lipinski definition) is 3. The number of carbonyl (C=O) groups is 3. The van der Waals surface area contributed by atoms with Crippen LogP contribution in [-0.2, 0) is 14.4 Å². The standard InChI is InChI=1S/C30H52O3/c1-27(2,3)24(31)23-16-13-21(17-23)19-29(7,8)25(32)22-14-11-20(12-15-22)18-30(9,10)26(33)28(4,5)6/h20-23H,11-19H2,1-10H3. The van der Waals surface area contributed by atoms with E-state index in [4.69, 9.17) is 0 Å². The molecule has 33 heavy (non-hydrogen) atoms. The molecular weight excluding hydrogens is 408 g/mol. The molecule has 0 aliphatic heterocycles. The van der Waals surface area contributed by atoms with E-state index in [-0.39, 0.29) is 33.5 Å². The Morgan fingerprint density at radius 3 is 1.48 bits per heavy atom. The third kappa shape index (κ3) is 7.25. The van der Waals surface area contributed by atoms with Gasteiger partial charge in [0.15, 0.2) is 0 Å². The highest BCUT2D eigenvalue weighted by molar-refractivity contribution is 5.89. The molecule has 2 rings (SSSR count). The minimum absolute atomic E-state index is 0.158. The summed E-state index contributed by atoms with van der Waals surface area (Å²) in [6, 6.07) is 0. The molecule has 3 heteroatoms. The van der Waals surface area contributed by atoms with Crippen molar-refractivity contribution >= 4 is 17.3 Å². The zero-order chi connectivity index (χ0) is 25.4. The molecule has 3 nitrogen and oxygen atoms in total. The van der Waals surface area contributed by atoms with E-state index in [2.05, 4.69) is 27.7 Å². The van der Waals surface area contributed by atoms with Gasteiger partial charge in [-0.25, -0.2) is 0 Å². The summed E-state index contributed by atoms with van der Waals surface area (Å²) in [4.78, 5) is 39.1. The Morgan fingerprint density at radius 1 is 0.545 bits per heavy atom. The van der Waals surface area contributed by atoms with Gasteiger partial charge in [-0.1, -0.05) is 69.2 Å². The number of Topliss-reactive ketones (excluding diaryl/α,β-unsaturated/α-hetero) is 3. The van der Waals surface area contributed by atoms with Gasteiger partial charge >= 0.3 is 0 Å². The largest absolute Gasteiger partial charge is 0.299 e. The lowest BCUT2D eigenvalue weighted by atomic mass is 9.65. The Hall–Kier alpha value is -0.990. The predicted octanol–water partition coefficient (Wildman–Crippen LogP) is 7.84. The lowest BCUT2D eigenvalue weighted by Gasteiger charge is -2.38. The van der Waals surface area contributed by atoms with Gasteiger partial charge in [0.05, 0.1) is 0 Å². The van der Waals surface area contributed by atoms with Crippen molar-refractivity contribution in [2.45, 2.75) is 127 Å². The summed E-state index contributed by atoms with van der Waals surface area (Å²) >= 11 is 0. The summed E-state index contributed by atoms with van der Waals surface area (Å²) in [5.74, 6) is 2.52. The Kier molecular flexibility index (Phi) is 8.51. The maximum atomic E-state index is 13.5. The van der Waals surface area contributed by atoms with Crippen LogP contribution in [0.15, 0.2) is 0 Å². The topological polar surface area (TPSA) is 51.2 Å². The van der Waals surface area contributed by atoms with Crippen LogP contribution >= 0.6 is 0 Å². The second kappa shape index (κ2) is 9.94. The molecule has 190 valence electrons. The number of ketones is 3. The molecule has 2 saturated carbocycles. The van der Waals surface area contributed by atoms with Crippen molar-refractivity contribution in [3.05, 3.63) is 0 Å². The summed E-state index contributed by atoms with van der Waals surface area (Å²) in [7, 11) is 0. The maximum absolute atomic E-state index is 13.5. The van der Waals surface area contributed by atoms with Crippen LogP contribution in [0.25, 0.3) is 0 Å². The molecule has 0 aromatic carbocycles. The lowest BCUT2D eigenvalue weighted by molar-refractivity contribution is -0.137. The smallest absolute Gasteiger partial charge is 0.143 e. The first-order valence-corrected chi connectivity index (χ1v) is 13.5. The normalized spacial score (nSPS) is 27.5. The second-order valence-corrected chi connectivity index (χ2v) is 14.8. The molecule has 0 radical (unpaired) electrons. The van der Waals surface area contributed by atoms with Gasteiger partial charge in [0.2, 0.25) is 0 Å². The van der Waals surface area contributed by atoms with E-state index in [1.807, 2.05) is 41.5 Å². The Morgan fingerprint density at radius 2 is 1.00 bits per heavy atom. The average molecular weight is 461 g/mol. The summed E-state index contributed by atoms with van der Waals surface area (Å²) in [6.45, 7) is 20.6. The summed E-state index contributed by atoms with van der Waals surface area (Å²) in [6.07, 6.45) is 8.89. The molecule has 2 aliphatic carbocycles. The quantitative estimate of drug-likeness (QED) is 0.370. The van der Waals surface area contributed by atoms with E-state index in [1.165, 1.54) is 0 Å². The second-order valence-electron chi connectivity index (χ2n) is 14.8. The van der Waals surface area contributed by atoms with Crippen molar-refractivity contribution in [3.63, 3.8) is 0 Å². The van der Waals surface area contributed by atoms with Crippen molar-refractivity contribution in [1.29, 1.82) is 0 Å². The fourth-order valence-corrected chi connectivity index (χ4v) is 6.94. The number of rotatable bonds is 8. The van der Waals surface area contributed by atoms with Crippen LogP contribution in [-0.4, -0.2) is 17.3 Å². The van der Waals surface area contributed by atoms with E-state index < -0.39 is 0 Å². The van der Waals surface area contributed by atoms with Gasteiger partial charge in [-0.15, -0.1) is 0 Å². The summed E-state index contributed by atoms with van der Waals surface area (Å²) in [5.41, 5.74) is -1.20. The van der Waals surface area contributed by atoms with Gasteiger partial charge in [-0.3, -0.25) is 14.4 Å². The van der Waals surface area contributed by atoms with E-state index in [0.29, 0.717) is 29.2 Å². The van der Waals surface area contributed by atoms with E-state index >= 15 is 0 Å². The highest BCUT2D eigenvalue weighted by atomic mass is 16.1. The number of carbonyl (C=O) groups excluding carboxylic acids is 3. The first-order valence-electron chi connectivity index (χ1n) is 13.5. The van der Waals surface area contributed by atoms with Crippen LogP contribution in [0.5, 0.6) is 0 Å². The third-order valence-electron chi connectivity index (χ3n) is 8.43. The predicted molar refractivity (Wildman–Crippen MR) is 137 cm³/mol. The van der Waals surface area contributed by atoms with Crippen molar-refractivity contribution in [3.8, 4) is 0 Å².